The van der Waals surface area contributed by atoms with Crippen LogP contribution in [0, 0.1) is 0 Å². The second-order valence-electron chi connectivity index (χ2n) is 10.7. The molecule has 0 bridgehead atoms. The van der Waals surface area contributed by atoms with E-state index in [1.54, 1.807) is 26.2 Å². The summed E-state index contributed by atoms with van der Waals surface area (Å²) in [4.78, 5) is 29.7. The molecule has 1 saturated carbocycles. The molecule has 1 atom stereocenters. The number of carbonyl (C=O) groups is 2. The van der Waals surface area contributed by atoms with Crippen LogP contribution in [-0.4, -0.2) is 87.2 Å². The highest BCUT2D eigenvalue weighted by atomic mass is 16.5. The van der Waals surface area contributed by atoms with Crippen LogP contribution < -0.4 is 19.7 Å². The summed E-state index contributed by atoms with van der Waals surface area (Å²) in [6, 6.07) is 7.55. The van der Waals surface area contributed by atoms with Crippen LogP contribution in [0.2, 0.25) is 0 Å². The summed E-state index contributed by atoms with van der Waals surface area (Å²) >= 11 is 0. The third-order valence-corrected chi connectivity index (χ3v) is 8.13. The summed E-state index contributed by atoms with van der Waals surface area (Å²) in [7, 11) is 4.90. The fourth-order valence-corrected chi connectivity index (χ4v) is 5.99. The van der Waals surface area contributed by atoms with Gasteiger partial charge in [-0.1, -0.05) is 25.3 Å². The highest BCUT2D eigenvalue weighted by molar-refractivity contribution is 5.83. The first-order chi connectivity index (χ1) is 19.6. The van der Waals surface area contributed by atoms with Gasteiger partial charge in [0.15, 0.2) is 5.82 Å². The van der Waals surface area contributed by atoms with Crippen LogP contribution in [-0.2, 0) is 14.3 Å². The second kappa shape index (κ2) is 15.0. The predicted molar refractivity (Wildman–Crippen MR) is 155 cm³/mol. The SMILES string of the molecule is COCCNC(=O)C[C@H](CCN1CCCCC1)N(C=O)c1cc(-c2c(OC)cccc2OC)n(C2CCCC2)n1. The number of aromatic nitrogens is 2. The molecule has 10 heteroatoms. The average Bonchev–Trinajstić information content (AvgIpc) is 3.67. The Morgan fingerprint density at radius 3 is 2.42 bits per heavy atom. The van der Waals surface area contributed by atoms with Gasteiger partial charge in [0.1, 0.15) is 11.5 Å². The maximum Gasteiger partial charge on any atom is 0.222 e. The van der Waals surface area contributed by atoms with Gasteiger partial charge in [0.2, 0.25) is 12.3 Å². The number of rotatable bonds is 15. The van der Waals surface area contributed by atoms with E-state index in [0.29, 0.717) is 36.9 Å². The smallest absolute Gasteiger partial charge is 0.222 e. The Balaban J connectivity index is 1.69. The third kappa shape index (κ3) is 7.34. The Morgan fingerprint density at radius 1 is 1.10 bits per heavy atom. The standard InChI is InChI=1S/C30H45N5O5/c1-38-19-15-31-29(37)20-24(14-18-33-16-7-4-8-17-33)34(22-36)28-21-25(35(32-28)23-10-5-6-11-23)30-26(39-2)12-9-13-27(30)40-3/h9,12-13,21-24H,4-8,10-11,14-20H2,1-3H3,(H,31,37)/t24-/m0/s1. The van der Waals surface area contributed by atoms with Crippen molar-refractivity contribution in [1.29, 1.82) is 0 Å². The van der Waals surface area contributed by atoms with E-state index in [1.807, 2.05) is 28.9 Å². The van der Waals surface area contributed by atoms with E-state index < -0.39 is 0 Å². The van der Waals surface area contributed by atoms with Crippen molar-refractivity contribution in [2.75, 3.05) is 59.0 Å². The Morgan fingerprint density at radius 2 is 1.80 bits per heavy atom. The molecule has 1 aromatic heterocycles. The van der Waals surface area contributed by atoms with Gasteiger partial charge in [0, 0.05) is 38.7 Å². The highest BCUT2D eigenvalue weighted by Gasteiger charge is 2.30. The van der Waals surface area contributed by atoms with Crippen LogP contribution in [0.4, 0.5) is 5.82 Å². The molecular weight excluding hydrogens is 510 g/mol. The number of hydrogen-bond donors (Lipinski definition) is 1. The van der Waals surface area contributed by atoms with Crippen molar-refractivity contribution in [3.8, 4) is 22.8 Å². The number of hydrogen-bond acceptors (Lipinski definition) is 7. The lowest BCUT2D eigenvalue weighted by atomic mass is 10.1. The van der Waals surface area contributed by atoms with E-state index in [2.05, 4.69) is 10.2 Å². The molecule has 1 aromatic carbocycles. The van der Waals surface area contributed by atoms with E-state index in [4.69, 9.17) is 19.3 Å². The van der Waals surface area contributed by atoms with E-state index in [-0.39, 0.29) is 24.4 Å². The Labute approximate surface area is 237 Å². The molecule has 10 nitrogen and oxygen atoms in total. The molecule has 4 rings (SSSR count). The summed E-state index contributed by atoms with van der Waals surface area (Å²) in [6.45, 7) is 3.82. The maximum atomic E-state index is 12.9. The minimum atomic E-state index is -0.332. The van der Waals surface area contributed by atoms with Crippen LogP contribution in [0.15, 0.2) is 24.3 Å². The molecular formula is C30H45N5O5. The number of piperidine rings is 1. The van der Waals surface area contributed by atoms with Crippen LogP contribution >= 0.6 is 0 Å². The lowest BCUT2D eigenvalue weighted by molar-refractivity contribution is -0.121. The third-order valence-electron chi connectivity index (χ3n) is 8.13. The molecule has 1 saturated heterocycles. The fourth-order valence-electron chi connectivity index (χ4n) is 5.99. The molecule has 220 valence electrons. The van der Waals surface area contributed by atoms with Gasteiger partial charge in [-0.15, -0.1) is 0 Å². The van der Waals surface area contributed by atoms with Crippen molar-refractivity contribution in [3.63, 3.8) is 0 Å². The normalized spacial score (nSPS) is 17.0. The quantitative estimate of drug-likeness (QED) is 0.262. The van der Waals surface area contributed by atoms with Gasteiger partial charge in [0.05, 0.1) is 38.1 Å². The molecule has 2 fully saturated rings. The molecule has 1 aliphatic heterocycles. The zero-order valence-electron chi connectivity index (χ0n) is 24.3. The van der Waals surface area contributed by atoms with Crippen molar-refractivity contribution in [2.24, 2.45) is 0 Å². The summed E-state index contributed by atoms with van der Waals surface area (Å²) in [5.74, 6) is 1.80. The Kier molecular flexibility index (Phi) is 11.2. The lowest BCUT2D eigenvalue weighted by Gasteiger charge is -2.31. The number of amides is 2. The molecule has 2 aliphatic rings. The van der Waals surface area contributed by atoms with E-state index in [0.717, 1.165) is 63.0 Å². The minimum Gasteiger partial charge on any atom is -0.496 e. The van der Waals surface area contributed by atoms with Crippen molar-refractivity contribution >= 4 is 18.1 Å². The lowest BCUT2D eigenvalue weighted by Crippen LogP contribution is -2.42. The number of nitrogens with one attached hydrogen (secondary N) is 1. The molecule has 2 aromatic rings. The van der Waals surface area contributed by atoms with E-state index in [1.165, 1.54) is 19.3 Å². The molecule has 0 unspecified atom stereocenters. The highest BCUT2D eigenvalue weighted by Crippen LogP contribution is 2.43. The number of anilines is 1. The summed E-state index contributed by atoms with van der Waals surface area (Å²) in [6.07, 6.45) is 9.66. The van der Waals surface area contributed by atoms with Crippen molar-refractivity contribution in [1.82, 2.24) is 20.0 Å². The molecule has 1 aliphatic carbocycles. The topological polar surface area (TPSA) is 98.2 Å². The number of methoxy groups -OCH3 is 3. The maximum absolute atomic E-state index is 12.9. The molecule has 0 spiro atoms. The van der Waals surface area contributed by atoms with Gasteiger partial charge >= 0.3 is 0 Å². The zero-order valence-corrected chi connectivity index (χ0v) is 24.3. The first kappa shape index (κ1) is 29.9. The number of ether oxygens (including phenoxy) is 3. The fraction of sp³-hybridized carbons (Fsp3) is 0.633. The van der Waals surface area contributed by atoms with Crippen molar-refractivity contribution in [2.45, 2.75) is 69.9 Å². The number of carbonyl (C=O) groups excluding carboxylic acids is 2. The monoisotopic (exact) mass is 555 g/mol. The molecule has 0 radical (unpaired) electrons. The number of benzene rings is 1. The molecule has 2 amide bonds. The molecule has 40 heavy (non-hydrogen) atoms. The number of likely N-dealkylation sites (tertiary alicyclic amines) is 1. The first-order valence-corrected chi connectivity index (χ1v) is 14.6. The van der Waals surface area contributed by atoms with Gasteiger partial charge in [-0.2, -0.15) is 5.10 Å². The van der Waals surface area contributed by atoms with E-state index >= 15 is 0 Å². The van der Waals surface area contributed by atoms with Crippen molar-refractivity contribution in [3.05, 3.63) is 24.3 Å². The second-order valence-corrected chi connectivity index (χ2v) is 10.7. The molecule has 2 heterocycles. The largest absolute Gasteiger partial charge is 0.496 e. The van der Waals surface area contributed by atoms with Gasteiger partial charge in [-0.25, -0.2) is 0 Å². The number of nitrogens with zero attached hydrogens (tertiary/aromatic N) is 4. The minimum absolute atomic E-state index is 0.102. The summed E-state index contributed by atoms with van der Waals surface area (Å²) in [5.41, 5.74) is 1.66. The Hall–Kier alpha value is -3.11. The van der Waals surface area contributed by atoms with Crippen molar-refractivity contribution < 1.29 is 23.8 Å². The van der Waals surface area contributed by atoms with Gasteiger partial charge in [-0.05, 0) is 57.3 Å². The zero-order chi connectivity index (χ0) is 28.3. The van der Waals surface area contributed by atoms with Crippen LogP contribution in [0.25, 0.3) is 11.3 Å². The van der Waals surface area contributed by atoms with Crippen LogP contribution in [0.5, 0.6) is 11.5 Å². The summed E-state index contributed by atoms with van der Waals surface area (Å²) < 4.78 is 18.6. The predicted octanol–water partition coefficient (Wildman–Crippen LogP) is 4.04. The molecule has 1 N–H and O–H groups in total. The summed E-state index contributed by atoms with van der Waals surface area (Å²) in [5, 5.41) is 7.94. The first-order valence-electron chi connectivity index (χ1n) is 14.6. The van der Waals surface area contributed by atoms with Gasteiger partial charge in [0.25, 0.3) is 0 Å². The Bertz CT molecular complexity index is 1070. The van der Waals surface area contributed by atoms with E-state index in [9.17, 15) is 9.59 Å². The van der Waals surface area contributed by atoms with Crippen LogP contribution in [0.1, 0.15) is 63.8 Å². The van der Waals surface area contributed by atoms with Crippen LogP contribution in [0.3, 0.4) is 0 Å². The average molecular weight is 556 g/mol. The van der Waals surface area contributed by atoms with Gasteiger partial charge in [-0.3, -0.25) is 19.2 Å². The van der Waals surface area contributed by atoms with Gasteiger partial charge < -0.3 is 24.4 Å².